The summed E-state index contributed by atoms with van der Waals surface area (Å²) in [6, 6.07) is 14.9. The molecule has 0 bridgehead atoms. The Labute approximate surface area is 186 Å². The number of esters is 1. The molecular weight excluding hydrogens is 412 g/mol. The van der Waals surface area contributed by atoms with Gasteiger partial charge in [0.15, 0.2) is 6.61 Å². The van der Waals surface area contributed by atoms with E-state index in [9.17, 15) is 14.4 Å². The number of benzene rings is 2. The van der Waals surface area contributed by atoms with Gasteiger partial charge in [0.1, 0.15) is 0 Å². The molecule has 0 N–H and O–H groups in total. The Balaban J connectivity index is 1.37. The van der Waals surface area contributed by atoms with E-state index in [2.05, 4.69) is 0 Å². The standard InChI is InChI=1S/C24H26N2O4S/c1-17-14-18-8-2-4-10-20(18)26(17)22(27)15-30-24(29)19-9-3-5-11-21(19)31-16-23(28)25-12-6-7-13-25/h2-5,8-11,17H,6-7,12-16H2,1H3. The molecule has 2 aromatic carbocycles. The molecule has 0 aromatic heterocycles. The van der Waals surface area contributed by atoms with Crippen molar-refractivity contribution in [3.8, 4) is 0 Å². The molecule has 31 heavy (non-hydrogen) atoms. The Kier molecular flexibility index (Phi) is 6.61. The van der Waals surface area contributed by atoms with Crippen LogP contribution in [-0.4, -0.2) is 54.2 Å². The number of likely N-dealkylation sites (tertiary alicyclic amines) is 1. The smallest absolute Gasteiger partial charge is 0.339 e. The van der Waals surface area contributed by atoms with E-state index in [0.29, 0.717) is 10.5 Å². The Morgan fingerprint density at radius 2 is 1.71 bits per heavy atom. The van der Waals surface area contributed by atoms with Crippen LogP contribution in [0.1, 0.15) is 35.7 Å². The van der Waals surface area contributed by atoms with Gasteiger partial charge in [-0.05, 0) is 49.9 Å². The lowest BCUT2D eigenvalue weighted by Crippen LogP contribution is -2.38. The molecule has 2 aliphatic rings. The molecule has 1 atom stereocenters. The van der Waals surface area contributed by atoms with Crippen molar-refractivity contribution in [3.05, 3.63) is 59.7 Å². The van der Waals surface area contributed by atoms with Gasteiger partial charge in [0, 0.05) is 29.7 Å². The molecule has 0 saturated carbocycles. The number of hydrogen-bond acceptors (Lipinski definition) is 5. The van der Waals surface area contributed by atoms with Gasteiger partial charge in [-0.1, -0.05) is 30.3 Å². The van der Waals surface area contributed by atoms with Crippen LogP contribution >= 0.6 is 11.8 Å². The molecule has 0 aliphatic carbocycles. The second-order valence-corrected chi connectivity index (χ2v) is 8.91. The summed E-state index contributed by atoms with van der Waals surface area (Å²) in [5.41, 5.74) is 2.39. The number of thioether (sulfide) groups is 1. The van der Waals surface area contributed by atoms with Crippen LogP contribution in [0.2, 0.25) is 0 Å². The highest BCUT2D eigenvalue weighted by Gasteiger charge is 2.31. The Bertz CT molecular complexity index is 987. The number of nitrogens with zero attached hydrogens (tertiary/aromatic N) is 2. The molecule has 2 aliphatic heterocycles. The summed E-state index contributed by atoms with van der Waals surface area (Å²) in [7, 11) is 0. The van der Waals surface area contributed by atoms with Crippen molar-refractivity contribution in [2.75, 3.05) is 30.3 Å². The fourth-order valence-electron chi connectivity index (χ4n) is 4.18. The third-order valence-corrected chi connectivity index (χ3v) is 6.78. The van der Waals surface area contributed by atoms with E-state index in [-0.39, 0.29) is 30.2 Å². The van der Waals surface area contributed by atoms with Crippen LogP contribution in [0.3, 0.4) is 0 Å². The molecule has 7 heteroatoms. The molecular formula is C24H26N2O4S. The molecule has 2 amide bonds. The lowest BCUT2D eigenvalue weighted by atomic mass is 10.1. The molecule has 6 nitrogen and oxygen atoms in total. The molecule has 2 heterocycles. The highest BCUT2D eigenvalue weighted by Crippen LogP contribution is 2.32. The topological polar surface area (TPSA) is 66.9 Å². The summed E-state index contributed by atoms with van der Waals surface area (Å²) in [5.74, 6) is -0.418. The normalized spacial score (nSPS) is 17.5. The van der Waals surface area contributed by atoms with E-state index >= 15 is 0 Å². The van der Waals surface area contributed by atoms with Crippen molar-refractivity contribution in [2.24, 2.45) is 0 Å². The predicted octanol–water partition coefficient (Wildman–Crippen LogP) is 3.54. The maximum Gasteiger partial charge on any atom is 0.339 e. The van der Waals surface area contributed by atoms with E-state index < -0.39 is 5.97 Å². The monoisotopic (exact) mass is 438 g/mol. The van der Waals surface area contributed by atoms with Crippen molar-refractivity contribution in [2.45, 2.75) is 37.1 Å². The van der Waals surface area contributed by atoms with Crippen molar-refractivity contribution >= 4 is 35.2 Å². The summed E-state index contributed by atoms with van der Waals surface area (Å²) < 4.78 is 5.37. The van der Waals surface area contributed by atoms with Crippen molar-refractivity contribution < 1.29 is 19.1 Å². The van der Waals surface area contributed by atoms with Crippen molar-refractivity contribution in [1.29, 1.82) is 0 Å². The average Bonchev–Trinajstić information content (AvgIpc) is 3.43. The largest absolute Gasteiger partial charge is 0.452 e. The van der Waals surface area contributed by atoms with Gasteiger partial charge in [-0.25, -0.2) is 4.79 Å². The first-order valence-corrected chi connectivity index (χ1v) is 11.6. The Morgan fingerprint density at radius 1 is 1.00 bits per heavy atom. The van der Waals surface area contributed by atoms with Crippen LogP contribution in [-0.2, 0) is 20.7 Å². The van der Waals surface area contributed by atoms with Crippen LogP contribution < -0.4 is 4.90 Å². The van der Waals surface area contributed by atoms with Crippen LogP contribution in [0.5, 0.6) is 0 Å². The fourth-order valence-corrected chi connectivity index (χ4v) is 5.12. The molecule has 4 rings (SSSR count). The van der Waals surface area contributed by atoms with Gasteiger partial charge in [-0.15, -0.1) is 11.8 Å². The molecule has 1 saturated heterocycles. The minimum Gasteiger partial charge on any atom is -0.452 e. The second kappa shape index (κ2) is 9.56. The number of para-hydroxylation sites is 1. The number of anilines is 1. The third kappa shape index (κ3) is 4.77. The number of ether oxygens (including phenoxy) is 1. The number of carbonyl (C=O) groups is 3. The van der Waals surface area contributed by atoms with Gasteiger partial charge < -0.3 is 14.5 Å². The maximum atomic E-state index is 12.8. The fraction of sp³-hybridized carbons (Fsp3) is 0.375. The molecule has 2 aromatic rings. The number of rotatable bonds is 6. The number of carbonyl (C=O) groups excluding carboxylic acids is 3. The van der Waals surface area contributed by atoms with Crippen molar-refractivity contribution in [3.63, 3.8) is 0 Å². The average molecular weight is 439 g/mol. The number of hydrogen-bond donors (Lipinski definition) is 0. The summed E-state index contributed by atoms with van der Waals surface area (Å²) in [5, 5.41) is 0. The van der Waals surface area contributed by atoms with Gasteiger partial charge in [0.05, 0.1) is 11.3 Å². The predicted molar refractivity (Wildman–Crippen MR) is 120 cm³/mol. The van der Waals surface area contributed by atoms with E-state index in [4.69, 9.17) is 4.74 Å². The molecule has 0 spiro atoms. The zero-order valence-electron chi connectivity index (χ0n) is 17.6. The highest BCUT2D eigenvalue weighted by molar-refractivity contribution is 8.00. The van der Waals surface area contributed by atoms with E-state index in [1.807, 2.05) is 42.2 Å². The molecule has 1 unspecified atom stereocenters. The van der Waals surface area contributed by atoms with Gasteiger partial charge in [0.2, 0.25) is 5.91 Å². The van der Waals surface area contributed by atoms with Crippen LogP contribution in [0.25, 0.3) is 0 Å². The number of fused-ring (bicyclic) bond motifs is 1. The minimum atomic E-state index is -0.551. The highest BCUT2D eigenvalue weighted by atomic mass is 32.2. The summed E-state index contributed by atoms with van der Waals surface area (Å²) >= 11 is 1.33. The zero-order chi connectivity index (χ0) is 21.8. The lowest BCUT2D eigenvalue weighted by molar-refractivity contribution is -0.127. The van der Waals surface area contributed by atoms with E-state index in [1.165, 1.54) is 11.8 Å². The zero-order valence-corrected chi connectivity index (χ0v) is 18.4. The molecule has 162 valence electrons. The van der Waals surface area contributed by atoms with Crippen molar-refractivity contribution in [1.82, 2.24) is 4.90 Å². The first-order valence-electron chi connectivity index (χ1n) is 10.6. The lowest BCUT2D eigenvalue weighted by Gasteiger charge is -2.22. The Morgan fingerprint density at radius 3 is 2.52 bits per heavy atom. The summed E-state index contributed by atoms with van der Waals surface area (Å²) in [6.07, 6.45) is 2.89. The molecule has 1 fully saturated rings. The quantitative estimate of drug-likeness (QED) is 0.510. The summed E-state index contributed by atoms with van der Waals surface area (Å²) in [6.45, 7) is 3.29. The minimum absolute atomic E-state index is 0.0306. The van der Waals surface area contributed by atoms with Crippen LogP contribution in [0.15, 0.2) is 53.4 Å². The third-order valence-electron chi connectivity index (χ3n) is 5.72. The second-order valence-electron chi connectivity index (χ2n) is 7.89. The summed E-state index contributed by atoms with van der Waals surface area (Å²) in [4.78, 5) is 42.1. The first kappa shape index (κ1) is 21.4. The SMILES string of the molecule is CC1Cc2ccccc2N1C(=O)COC(=O)c1ccccc1SCC(=O)N1CCCC1. The van der Waals surface area contributed by atoms with Gasteiger partial charge in [-0.3, -0.25) is 9.59 Å². The van der Waals surface area contributed by atoms with E-state index in [1.54, 1.807) is 23.1 Å². The molecule has 0 radical (unpaired) electrons. The first-order chi connectivity index (χ1) is 15.0. The van der Waals surface area contributed by atoms with E-state index in [0.717, 1.165) is 43.6 Å². The number of amides is 2. The van der Waals surface area contributed by atoms with Gasteiger partial charge in [-0.2, -0.15) is 0 Å². The van der Waals surface area contributed by atoms with Crippen LogP contribution in [0, 0.1) is 0 Å². The Hall–Kier alpha value is -2.80. The maximum absolute atomic E-state index is 12.8. The van der Waals surface area contributed by atoms with Gasteiger partial charge in [0.25, 0.3) is 5.91 Å². The van der Waals surface area contributed by atoms with Gasteiger partial charge >= 0.3 is 5.97 Å². The van der Waals surface area contributed by atoms with Crippen LogP contribution in [0.4, 0.5) is 5.69 Å².